The van der Waals surface area contributed by atoms with Gasteiger partial charge in [-0.05, 0) is 30.9 Å². The van der Waals surface area contributed by atoms with Gasteiger partial charge in [-0.15, -0.1) is 0 Å². The highest BCUT2D eigenvalue weighted by Crippen LogP contribution is 2.34. The fourth-order valence-electron chi connectivity index (χ4n) is 2.10. The average molecular weight is 196 g/mol. The molecule has 0 spiro atoms. The topological polar surface area (TPSA) is 33.4 Å². The van der Waals surface area contributed by atoms with E-state index in [0.29, 0.717) is 5.92 Å². The van der Waals surface area contributed by atoms with Crippen LogP contribution in [-0.4, -0.2) is 11.7 Å². The van der Waals surface area contributed by atoms with Gasteiger partial charge in [0.15, 0.2) is 0 Å². The van der Waals surface area contributed by atoms with E-state index in [1.807, 2.05) is 12.1 Å². The van der Waals surface area contributed by atoms with Crippen LogP contribution in [0.4, 0.5) is 0 Å². The summed E-state index contributed by atoms with van der Waals surface area (Å²) in [4.78, 5) is 0. The molecule has 1 aromatic rings. The summed E-state index contributed by atoms with van der Waals surface area (Å²) >= 11 is 0. The Morgan fingerprint density at radius 1 is 1.50 bits per heavy atom. The molecule has 2 nitrogen and oxygen atoms in total. The molecule has 80 valence electrons. The van der Waals surface area contributed by atoms with Gasteiger partial charge in [-0.3, -0.25) is 0 Å². The van der Waals surface area contributed by atoms with Crippen molar-refractivity contribution in [3.05, 3.63) is 24.2 Å². The smallest absolute Gasteiger partial charge is 0.109 e. The number of hydrogen-bond acceptors (Lipinski definition) is 2. The van der Waals surface area contributed by atoms with Gasteiger partial charge in [-0.1, -0.05) is 20.8 Å². The van der Waals surface area contributed by atoms with Gasteiger partial charge < -0.3 is 9.52 Å². The molecule has 0 amide bonds. The molecule has 0 aliphatic rings. The lowest BCUT2D eigenvalue weighted by Crippen LogP contribution is -2.25. The zero-order chi connectivity index (χ0) is 10.6. The van der Waals surface area contributed by atoms with Gasteiger partial charge in [0.2, 0.25) is 0 Å². The molecule has 1 rings (SSSR count). The molecule has 1 N–H and O–H groups in total. The number of furan rings is 1. The van der Waals surface area contributed by atoms with Crippen LogP contribution in [0.25, 0.3) is 0 Å². The lowest BCUT2D eigenvalue weighted by Gasteiger charge is -2.28. The van der Waals surface area contributed by atoms with Crippen LogP contribution in [0.1, 0.15) is 39.4 Å². The van der Waals surface area contributed by atoms with Gasteiger partial charge in [-0.2, -0.15) is 0 Å². The highest BCUT2D eigenvalue weighted by atomic mass is 16.3. The van der Waals surface area contributed by atoms with E-state index < -0.39 is 0 Å². The van der Waals surface area contributed by atoms with Crippen molar-refractivity contribution in [3.63, 3.8) is 0 Å². The zero-order valence-corrected chi connectivity index (χ0v) is 9.29. The molecule has 0 radical (unpaired) electrons. The fraction of sp³-hybridized carbons (Fsp3) is 0.667. The molecular weight excluding hydrogens is 176 g/mol. The van der Waals surface area contributed by atoms with E-state index in [9.17, 15) is 0 Å². The second kappa shape index (κ2) is 4.65. The Hall–Kier alpha value is -0.760. The number of rotatable bonds is 5. The summed E-state index contributed by atoms with van der Waals surface area (Å²) in [5.74, 6) is 1.59. The Morgan fingerprint density at radius 3 is 2.64 bits per heavy atom. The molecule has 1 atom stereocenters. The first-order valence-electron chi connectivity index (χ1n) is 5.23. The lowest BCUT2D eigenvalue weighted by molar-refractivity contribution is 0.206. The summed E-state index contributed by atoms with van der Waals surface area (Å²) in [5.41, 5.74) is -0.0214. The SMILES string of the molecule is CC(C)CC(C)(CCO)c1ccco1. The predicted octanol–water partition coefficient (Wildman–Crippen LogP) is 2.97. The van der Waals surface area contributed by atoms with E-state index in [1.54, 1.807) is 6.26 Å². The minimum absolute atomic E-state index is 0.0214. The summed E-state index contributed by atoms with van der Waals surface area (Å²) in [6.07, 6.45) is 3.51. The molecule has 1 aromatic heterocycles. The molecule has 0 saturated heterocycles. The molecule has 2 heteroatoms. The van der Waals surface area contributed by atoms with E-state index in [-0.39, 0.29) is 12.0 Å². The minimum Gasteiger partial charge on any atom is -0.469 e. The van der Waals surface area contributed by atoms with Gasteiger partial charge in [0, 0.05) is 12.0 Å². The predicted molar refractivity (Wildman–Crippen MR) is 57.2 cm³/mol. The van der Waals surface area contributed by atoms with Crippen LogP contribution >= 0.6 is 0 Å². The molecule has 1 heterocycles. The molecule has 0 fully saturated rings. The maximum atomic E-state index is 9.07. The van der Waals surface area contributed by atoms with Crippen LogP contribution in [0.3, 0.4) is 0 Å². The fourth-order valence-corrected chi connectivity index (χ4v) is 2.10. The van der Waals surface area contributed by atoms with Crippen LogP contribution in [0, 0.1) is 5.92 Å². The zero-order valence-electron chi connectivity index (χ0n) is 9.29. The third-order valence-corrected chi connectivity index (χ3v) is 2.64. The first-order chi connectivity index (χ1) is 6.58. The van der Waals surface area contributed by atoms with Crippen molar-refractivity contribution < 1.29 is 9.52 Å². The minimum atomic E-state index is -0.0214. The lowest BCUT2D eigenvalue weighted by atomic mass is 9.77. The van der Waals surface area contributed by atoms with Crippen molar-refractivity contribution in [2.45, 2.75) is 39.0 Å². The molecule has 0 aromatic carbocycles. The van der Waals surface area contributed by atoms with Crippen molar-refractivity contribution in [1.82, 2.24) is 0 Å². The molecule has 1 unspecified atom stereocenters. The van der Waals surface area contributed by atoms with Gasteiger partial charge in [0.25, 0.3) is 0 Å². The Labute approximate surface area is 85.9 Å². The van der Waals surface area contributed by atoms with E-state index in [1.165, 1.54) is 0 Å². The van der Waals surface area contributed by atoms with Crippen LogP contribution in [0.2, 0.25) is 0 Å². The second-order valence-electron chi connectivity index (χ2n) is 4.61. The van der Waals surface area contributed by atoms with Gasteiger partial charge in [0.05, 0.1) is 6.26 Å². The van der Waals surface area contributed by atoms with Crippen LogP contribution < -0.4 is 0 Å². The largest absolute Gasteiger partial charge is 0.469 e. The van der Waals surface area contributed by atoms with E-state index in [0.717, 1.165) is 18.6 Å². The van der Waals surface area contributed by atoms with E-state index in [2.05, 4.69) is 20.8 Å². The standard InChI is InChI=1S/C12H20O2/c1-10(2)9-12(3,6-7-13)11-5-4-8-14-11/h4-5,8,10,13H,6-7,9H2,1-3H3. The summed E-state index contributed by atoms with van der Waals surface area (Å²) in [6.45, 7) is 6.75. The first-order valence-corrected chi connectivity index (χ1v) is 5.23. The van der Waals surface area contributed by atoms with E-state index >= 15 is 0 Å². The van der Waals surface area contributed by atoms with Crippen molar-refractivity contribution in [1.29, 1.82) is 0 Å². The number of aliphatic hydroxyl groups excluding tert-OH is 1. The molecular formula is C12H20O2. The molecule has 0 aliphatic heterocycles. The van der Waals surface area contributed by atoms with Gasteiger partial charge in [0.1, 0.15) is 5.76 Å². The molecule has 0 aliphatic carbocycles. The molecule has 0 saturated carbocycles. The molecule has 0 bridgehead atoms. The van der Waals surface area contributed by atoms with E-state index in [4.69, 9.17) is 9.52 Å². The normalized spacial score (nSPS) is 15.8. The van der Waals surface area contributed by atoms with Crippen molar-refractivity contribution in [2.75, 3.05) is 6.61 Å². The quantitative estimate of drug-likeness (QED) is 0.785. The van der Waals surface area contributed by atoms with Crippen molar-refractivity contribution >= 4 is 0 Å². The third kappa shape index (κ3) is 2.61. The maximum Gasteiger partial charge on any atom is 0.109 e. The first kappa shape index (κ1) is 11.3. The summed E-state index contributed by atoms with van der Waals surface area (Å²) in [6, 6.07) is 3.91. The average Bonchev–Trinajstić information content (AvgIpc) is 2.54. The summed E-state index contributed by atoms with van der Waals surface area (Å²) in [7, 11) is 0. The highest BCUT2D eigenvalue weighted by Gasteiger charge is 2.29. The Balaban J connectivity index is 2.81. The maximum absolute atomic E-state index is 9.07. The highest BCUT2D eigenvalue weighted by molar-refractivity contribution is 5.12. The van der Waals surface area contributed by atoms with Crippen LogP contribution in [0.15, 0.2) is 22.8 Å². The monoisotopic (exact) mass is 196 g/mol. The second-order valence-corrected chi connectivity index (χ2v) is 4.61. The number of hydrogen-bond donors (Lipinski definition) is 1. The van der Waals surface area contributed by atoms with Crippen LogP contribution in [0.5, 0.6) is 0 Å². The van der Waals surface area contributed by atoms with Crippen molar-refractivity contribution in [2.24, 2.45) is 5.92 Å². The summed E-state index contributed by atoms with van der Waals surface area (Å²) in [5, 5.41) is 9.07. The Kier molecular flexibility index (Phi) is 3.76. The van der Waals surface area contributed by atoms with Gasteiger partial charge in [-0.25, -0.2) is 0 Å². The number of aliphatic hydroxyl groups is 1. The van der Waals surface area contributed by atoms with Crippen LogP contribution in [-0.2, 0) is 5.41 Å². The third-order valence-electron chi connectivity index (χ3n) is 2.64. The summed E-state index contributed by atoms with van der Waals surface area (Å²) < 4.78 is 5.44. The van der Waals surface area contributed by atoms with Crippen molar-refractivity contribution in [3.8, 4) is 0 Å². The molecule has 14 heavy (non-hydrogen) atoms. The Morgan fingerprint density at radius 2 is 2.21 bits per heavy atom. The Bertz CT molecular complexity index is 251. The van der Waals surface area contributed by atoms with Gasteiger partial charge >= 0.3 is 0 Å².